The van der Waals surface area contributed by atoms with Gasteiger partial charge in [-0.15, -0.1) is 0 Å². The highest BCUT2D eigenvalue weighted by molar-refractivity contribution is 5.64. The standard InChI is InChI=1S/C21H20F2N2O2/c1-3-17-13(2)24-20(18-12-16(23)7-8-19(18)26)25(21(17)27)10-9-14-5-4-6-15(22)11-14/h4-8,11-12,26H,3,9-10H2,1-2H3. The van der Waals surface area contributed by atoms with E-state index < -0.39 is 5.82 Å². The Labute approximate surface area is 155 Å². The number of hydrogen-bond acceptors (Lipinski definition) is 3. The summed E-state index contributed by atoms with van der Waals surface area (Å²) >= 11 is 0. The number of aromatic nitrogens is 2. The van der Waals surface area contributed by atoms with E-state index in [0.717, 1.165) is 17.7 Å². The Kier molecular flexibility index (Phi) is 5.35. The van der Waals surface area contributed by atoms with E-state index in [9.17, 15) is 18.7 Å². The minimum Gasteiger partial charge on any atom is -0.507 e. The van der Waals surface area contributed by atoms with Gasteiger partial charge in [0.15, 0.2) is 0 Å². The molecule has 2 aromatic carbocycles. The van der Waals surface area contributed by atoms with Crippen molar-refractivity contribution in [2.45, 2.75) is 33.2 Å². The van der Waals surface area contributed by atoms with Crippen molar-refractivity contribution in [2.24, 2.45) is 0 Å². The van der Waals surface area contributed by atoms with Crippen LogP contribution in [0.3, 0.4) is 0 Å². The van der Waals surface area contributed by atoms with Crippen LogP contribution >= 0.6 is 0 Å². The van der Waals surface area contributed by atoms with Crippen LogP contribution in [-0.2, 0) is 19.4 Å². The first kappa shape index (κ1) is 18.8. The summed E-state index contributed by atoms with van der Waals surface area (Å²) in [5.74, 6) is -0.848. The molecule has 0 aliphatic heterocycles. The Bertz CT molecular complexity index is 1040. The van der Waals surface area contributed by atoms with Gasteiger partial charge in [-0.1, -0.05) is 19.1 Å². The number of aryl methyl sites for hydroxylation is 2. The molecule has 0 saturated carbocycles. The molecule has 3 rings (SSSR count). The highest BCUT2D eigenvalue weighted by Gasteiger charge is 2.17. The van der Waals surface area contributed by atoms with Gasteiger partial charge in [0.25, 0.3) is 5.56 Å². The van der Waals surface area contributed by atoms with Crippen LogP contribution in [0, 0.1) is 18.6 Å². The third kappa shape index (κ3) is 3.89. The van der Waals surface area contributed by atoms with E-state index in [0.29, 0.717) is 24.1 Å². The van der Waals surface area contributed by atoms with Gasteiger partial charge in [0.05, 0.1) is 5.56 Å². The normalized spacial score (nSPS) is 11.0. The van der Waals surface area contributed by atoms with Crippen molar-refractivity contribution in [3.05, 3.63) is 81.3 Å². The van der Waals surface area contributed by atoms with Crippen LogP contribution in [0.1, 0.15) is 23.7 Å². The van der Waals surface area contributed by atoms with Crippen LogP contribution in [0.2, 0.25) is 0 Å². The molecule has 1 heterocycles. The van der Waals surface area contributed by atoms with Crippen molar-refractivity contribution in [3.8, 4) is 17.1 Å². The zero-order valence-electron chi connectivity index (χ0n) is 15.2. The van der Waals surface area contributed by atoms with E-state index in [4.69, 9.17) is 0 Å². The summed E-state index contributed by atoms with van der Waals surface area (Å²) in [6.45, 7) is 3.81. The Morgan fingerprint density at radius 2 is 1.85 bits per heavy atom. The van der Waals surface area contributed by atoms with E-state index >= 15 is 0 Å². The van der Waals surface area contributed by atoms with Gasteiger partial charge in [-0.05, 0) is 55.7 Å². The molecule has 0 fully saturated rings. The van der Waals surface area contributed by atoms with E-state index in [2.05, 4.69) is 4.98 Å². The number of halogens is 2. The van der Waals surface area contributed by atoms with Gasteiger partial charge in [-0.3, -0.25) is 9.36 Å². The highest BCUT2D eigenvalue weighted by atomic mass is 19.1. The van der Waals surface area contributed by atoms with Gasteiger partial charge in [0.1, 0.15) is 23.2 Å². The summed E-state index contributed by atoms with van der Waals surface area (Å²) in [6.07, 6.45) is 0.904. The monoisotopic (exact) mass is 370 g/mol. The van der Waals surface area contributed by atoms with Gasteiger partial charge in [0, 0.05) is 17.8 Å². The molecule has 6 heteroatoms. The van der Waals surface area contributed by atoms with Crippen LogP contribution in [0.4, 0.5) is 8.78 Å². The molecular formula is C21H20F2N2O2. The van der Waals surface area contributed by atoms with Crippen molar-refractivity contribution in [1.82, 2.24) is 9.55 Å². The van der Waals surface area contributed by atoms with Gasteiger partial charge in [0.2, 0.25) is 0 Å². The van der Waals surface area contributed by atoms with E-state index in [1.165, 1.54) is 22.8 Å². The molecule has 1 N–H and O–H groups in total. The van der Waals surface area contributed by atoms with Crippen molar-refractivity contribution in [3.63, 3.8) is 0 Å². The predicted octanol–water partition coefficient (Wildman–Crippen LogP) is 4.01. The van der Waals surface area contributed by atoms with Crippen molar-refractivity contribution in [1.29, 1.82) is 0 Å². The van der Waals surface area contributed by atoms with Crippen LogP contribution in [0.15, 0.2) is 47.3 Å². The largest absolute Gasteiger partial charge is 0.507 e. The maximum absolute atomic E-state index is 13.7. The molecule has 4 nitrogen and oxygen atoms in total. The quantitative estimate of drug-likeness (QED) is 0.738. The smallest absolute Gasteiger partial charge is 0.257 e. The number of phenolic OH excluding ortho intramolecular Hbond substituents is 1. The molecule has 140 valence electrons. The number of hydrogen-bond donors (Lipinski definition) is 1. The Hall–Kier alpha value is -3.02. The van der Waals surface area contributed by atoms with Gasteiger partial charge in [-0.25, -0.2) is 13.8 Å². The van der Waals surface area contributed by atoms with Crippen LogP contribution in [-0.4, -0.2) is 14.7 Å². The topological polar surface area (TPSA) is 55.1 Å². The van der Waals surface area contributed by atoms with Crippen molar-refractivity contribution in [2.75, 3.05) is 0 Å². The molecule has 0 aliphatic rings. The number of aromatic hydroxyl groups is 1. The zero-order chi connectivity index (χ0) is 19.6. The predicted molar refractivity (Wildman–Crippen MR) is 99.8 cm³/mol. The maximum Gasteiger partial charge on any atom is 0.257 e. The molecule has 0 aliphatic carbocycles. The Morgan fingerprint density at radius 3 is 2.56 bits per heavy atom. The summed E-state index contributed by atoms with van der Waals surface area (Å²) in [4.78, 5) is 17.4. The first-order chi connectivity index (χ1) is 12.9. The van der Waals surface area contributed by atoms with Crippen LogP contribution in [0.5, 0.6) is 5.75 Å². The third-order valence-corrected chi connectivity index (χ3v) is 4.54. The summed E-state index contributed by atoms with van der Waals surface area (Å²) in [7, 11) is 0. The lowest BCUT2D eigenvalue weighted by Gasteiger charge is -2.16. The second-order valence-corrected chi connectivity index (χ2v) is 6.35. The van der Waals surface area contributed by atoms with Gasteiger partial charge < -0.3 is 5.11 Å². The average molecular weight is 370 g/mol. The lowest BCUT2D eigenvalue weighted by Crippen LogP contribution is -2.28. The van der Waals surface area contributed by atoms with Gasteiger partial charge >= 0.3 is 0 Å². The number of phenols is 1. The summed E-state index contributed by atoms with van der Waals surface area (Å²) < 4.78 is 28.6. The molecule has 0 bridgehead atoms. The molecule has 1 aromatic heterocycles. The van der Waals surface area contributed by atoms with E-state index in [1.807, 2.05) is 6.92 Å². The fourth-order valence-corrected chi connectivity index (χ4v) is 3.14. The lowest BCUT2D eigenvalue weighted by atomic mass is 10.1. The Morgan fingerprint density at radius 1 is 1.11 bits per heavy atom. The fourth-order valence-electron chi connectivity index (χ4n) is 3.14. The second-order valence-electron chi connectivity index (χ2n) is 6.35. The second kappa shape index (κ2) is 7.70. The average Bonchev–Trinajstić information content (AvgIpc) is 2.63. The minimum absolute atomic E-state index is 0.150. The molecule has 0 atom stereocenters. The molecule has 3 aromatic rings. The first-order valence-electron chi connectivity index (χ1n) is 8.74. The van der Waals surface area contributed by atoms with Gasteiger partial charge in [-0.2, -0.15) is 0 Å². The number of benzene rings is 2. The molecule has 0 spiro atoms. The number of rotatable bonds is 5. The van der Waals surface area contributed by atoms with E-state index in [1.54, 1.807) is 19.1 Å². The SMILES string of the molecule is CCc1c(C)nc(-c2cc(F)ccc2O)n(CCc2cccc(F)c2)c1=O. The van der Waals surface area contributed by atoms with Crippen LogP contribution < -0.4 is 5.56 Å². The highest BCUT2D eigenvalue weighted by Crippen LogP contribution is 2.28. The molecule has 0 saturated heterocycles. The molecule has 0 radical (unpaired) electrons. The van der Waals surface area contributed by atoms with Crippen molar-refractivity contribution < 1.29 is 13.9 Å². The third-order valence-electron chi connectivity index (χ3n) is 4.54. The fraction of sp³-hybridized carbons (Fsp3) is 0.238. The summed E-state index contributed by atoms with van der Waals surface area (Å²) in [6, 6.07) is 9.67. The number of nitrogens with zero attached hydrogens (tertiary/aromatic N) is 2. The molecular weight excluding hydrogens is 350 g/mol. The first-order valence-corrected chi connectivity index (χ1v) is 8.74. The van der Waals surface area contributed by atoms with Crippen LogP contribution in [0.25, 0.3) is 11.4 Å². The minimum atomic E-state index is -0.536. The van der Waals surface area contributed by atoms with Crippen molar-refractivity contribution >= 4 is 0 Å². The Balaban J connectivity index is 2.12. The lowest BCUT2D eigenvalue weighted by molar-refractivity contribution is 0.473. The molecule has 27 heavy (non-hydrogen) atoms. The summed E-state index contributed by atoms with van der Waals surface area (Å²) in [5, 5.41) is 10.2. The zero-order valence-corrected chi connectivity index (χ0v) is 15.2. The maximum atomic E-state index is 13.7. The molecule has 0 unspecified atom stereocenters. The summed E-state index contributed by atoms with van der Waals surface area (Å²) in [5.41, 5.74) is 1.75. The molecule has 0 amide bonds. The van der Waals surface area contributed by atoms with E-state index in [-0.39, 0.29) is 35.1 Å².